The molecule has 204 valence electrons. The van der Waals surface area contributed by atoms with Crippen molar-refractivity contribution in [3.8, 4) is 11.5 Å². The summed E-state index contributed by atoms with van der Waals surface area (Å²) in [4.78, 5) is 45.5. The number of methoxy groups -OCH3 is 2. The van der Waals surface area contributed by atoms with E-state index < -0.39 is 17.0 Å². The average Bonchev–Trinajstić information content (AvgIpc) is 3.35. The molecule has 6 rings (SSSR count). The maximum absolute atomic E-state index is 13.9. The number of aromatic nitrogens is 1. The molecule has 3 aromatic carbocycles. The Kier molecular flexibility index (Phi) is 6.37. The molecule has 0 bridgehead atoms. The molecule has 2 atom stereocenters. The highest BCUT2D eigenvalue weighted by Gasteiger charge is 2.48. The zero-order valence-electron chi connectivity index (χ0n) is 22.1. The Hall–Kier alpha value is -4.86. The number of nitrogens with zero attached hydrogens (tertiary/aromatic N) is 3. The molecule has 0 radical (unpaired) electrons. The number of benzene rings is 3. The van der Waals surface area contributed by atoms with E-state index >= 15 is 0 Å². The maximum Gasteiger partial charge on any atom is 0.269 e. The van der Waals surface area contributed by atoms with E-state index in [1.165, 1.54) is 12.1 Å². The van der Waals surface area contributed by atoms with Crippen molar-refractivity contribution in [3.63, 3.8) is 0 Å². The summed E-state index contributed by atoms with van der Waals surface area (Å²) in [7, 11) is 3.15. The Balaban J connectivity index is 1.36. The van der Waals surface area contributed by atoms with Crippen LogP contribution in [-0.2, 0) is 22.4 Å². The topological polar surface area (TPSA) is 118 Å². The molecule has 1 N–H and O–H groups in total. The van der Waals surface area contributed by atoms with E-state index in [0.29, 0.717) is 36.4 Å². The Labute approximate surface area is 230 Å². The number of H-pyrrole nitrogens is 1. The van der Waals surface area contributed by atoms with Gasteiger partial charge in [-0.25, -0.2) is 0 Å². The predicted octanol–water partition coefficient (Wildman–Crippen LogP) is 4.02. The number of non-ortho nitro benzene ring substituents is 1. The third-order valence-electron chi connectivity index (χ3n) is 7.86. The number of carbonyl (C=O) groups is 2. The smallest absolute Gasteiger partial charge is 0.269 e. The zero-order valence-corrected chi connectivity index (χ0v) is 22.1. The summed E-state index contributed by atoms with van der Waals surface area (Å²) in [5.74, 6) is 0.894. The van der Waals surface area contributed by atoms with Crippen molar-refractivity contribution >= 4 is 28.4 Å². The second kappa shape index (κ2) is 10.0. The van der Waals surface area contributed by atoms with Crippen LogP contribution in [0.15, 0.2) is 66.7 Å². The number of nitro benzene ring substituents is 1. The molecule has 10 nitrogen and oxygen atoms in total. The van der Waals surface area contributed by atoms with Gasteiger partial charge >= 0.3 is 0 Å². The van der Waals surface area contributed by atoms with Gasteiger partial charge < -0.3 is 24.3 Å². The average molecular weight is 541 g/mol. The molecule has 2 amide bonds. The highest BCUT2D eigenvalue weighted by atomic mass is 16.6. The Bertz CT molecular complexity index is 1650. The highest BCUT2D eigenvalue weighted by molar-refractivity contribution is 5.97. The molecule has 40 heavy (non-hydrogen) atoms. The lowest BCUT2D eigenvalue weighted by molar-refractivity contribution is -0.384. The molecule has 10 heteroatoms. The molecule has 1 saturated heterocycles. The molecule has 2 aliphatic heterocycles. The number of carbonyl (C=O) groups excluding carboxylic acids is 2. The second-order valence-electron chi connectivity index (χ2n) is 10.0. The van der Waals surface area contributed by atoms with E-state index in [9.17, 15) is 19.7 Å². The number of rotatable bonds is 7. The molecule has 0 aliphatic carbocycles. The molecule has 0 saturated carbocycles. The van der Waals surface area contributed by atoms with Crippen LogP contribution in [0.2, 0.25) is 0 Å². The summed E-state index contributed by atoms with van der Waals surface area (Å²) in [6, 6.07) is 18.4. The van der Waals surface area contributed by atoms with Gasteiger partial charge in [-0.15, -0.1) is 0 Å². The van der Waals surface area contributed by atoms with Crippen LogP contribution in [0.5, 0.6) is 11.5 Å². The van der Waals surface area contributed by atoms with Gasteiger partial charge in [0.05, 0.1) is 31.7 Å². The number of hydrogen-bond donors (Lipinski definition) is 1. The van der Waals surface area contributed by atoms with Crippen molar-refractivity contribution in [1.82, 2.24) is 14.8 Å². The minimum absolute atomic E-state index is 0.0652. The maximum atomic E-state index is 13.9. The van der Waals surface area contributed by atoms with Crippen LogP contribution in [0, 0.1) is 10.1 Å². The van der Waals surface area contributed by atoms with Crippen molar-refractivity contribution in [3.05, 3.63) is 99.2 Å². The number of fused-ring (bicyclic) bond motifs is 4. The van der Waals surface area contributed by atoms with Gasteiger partial charge in [0.25, 0.3) is 5.69 Å². The van der Waals surface area contributed by atoms with Gasteiger partial charge in [0.15, 0.2) is 11.5 Å². The van der Waals surface area contributed by atoms with E-state index in [1.807, 2.05) is 42.5 Å². The normalized spacial score (nSPS) is 18.4. The Morgan fingerprint density at radius 2 is 1.80 bits per heavy atom. The summed E-state index contributed by atoms with van der Waals surface area (Å²) in [5, 5.41) is 12.6. The Morgan fingerprint density at radius 3 is 2.58 bits per heavy atom. The van der Waals surface area contributed by atoms with Crippen LogP contribution < -0.4 is 9.47 Å². The number of amides is 2. The van der Waals surface area contributed by atoms with Gasteiger partial charge in [-0.3, -0.25) is 19.7 Å². The van der Waals surface area contributed by atoms with Gasteiger partial charge in [0.1, 0.15) is 6.04 Å². The fraction of sp³-hybridized carbons (Fsp3) is 0.267. The van der Waals surface area contributed by atoms with Crippen LogP contribution in [0.4, 0.5) is 5.69 Å². The SMILES string of the molecule is COc1ccc(CCN2CC(=O)N3C(c4cccc([N+](=O)[O-])c4)c4[nH]c5ccccc5c4C[C@@H]3C2=O)cc1OC. The lowest BCUT2D eigenvalue weighted by atomic mass is 9.86. The van der Waals surface area contributed by atoms with E-state index in [2.05, 4.69) is 4.98 Å². The van der Waals surface area contributed by atoms with Crippen molar-refractivity contribution in [2.75, 3.05) is 27.3 Å². The van der Waals surface area contributed by atoms with Crippen molar-refractivity contribution < 1.29 is 24.0 Å². The van der Waals surface area contributed by atoms with Gasteiger partial charge in [0.2, 0.25) is 11.8 Å². The quantitative estimate of drug-likeness (QED) is 0.280. The molecule has 2 aliphatic rings. The number of ether oxygens (including phenoxy) is 2. The van der Waals surface area contributed by atoms with Crippen LogP contribution in [0.3, 0.4) is 0 Å². The molecule has 0 spiro atoms. The van der Waals surface area contributed by atoms with Crippen LogP contribution >= 0.6 is 0 Å². The fourth-order valence-corrected chi connectivity index (χ4v) is 5.97. The van der Waals surface area contributed by atoms with Crippen molar-refractivity contribution in [2.24, 2.45) is 0 Å². The molecular formula is C30H28N4O6. The second-order valence-corrected chi connectivity index (χ2v) is 10.0. The standard InChI is InChI=1S/C30H28N4O6/c1-39-25-11-10-18(14-26(25)40-2)12-13-32-17-27(35)33-24(30(32)36)16-22-21-8-3-4-9-23(21)31-28(22)29(33)19-6-5-7-20(15-19)34(37)38/h3-11,14-15,24,29,31H,12-13,16-17H2,1-2H3/t24-,29?/m1/s1. The van der Waals surface area contributed by atoms with Gasteiger partial charge in [-0.1, -0.05) is 36.4 Å². The third-order valence-corrected chi connectivity index (χ3v) is 7.86. The minimum Gasteiger partial charge on any atom is -0.493 e. The first-order chi connectivity index (χ1) is 19.4. The third kappa shape index (κ3) is 4.21. The van der Waals surface area contributed by atoms with Crippen LogP contribution in [0.25, 0.3) is 10.9 Å². The summed E-state index contributed by atoms with van der Waals surface area (Å²) in [5.41, 5.74) is 4.12. The summed E-state index contributed by atoms with van der Waals surface area (Å²) in [6.45, 7) is 0.302. The van der Waals surface area contributed by atoms with Gasteiger partial charge in [-0.2, -0.15) is 0 Å². The molecule has 1 fully saturated rings. The summed E-state index contributed by atoms with van der Waals surface area (Å²) in [6.07, 6.45) is 0.904. The van der Waals surface area contributed by atoms with Crippen molar-refractivity contribution in [1.29, 1.82) is 0 Å². The van der Waals surface area contributed by atoms with Crippen molar-refractivity contribution in [2.45, 2.75) is 24.9 Å². The molecule has 4 aromatic rings. The van der Waals surface area contributed by atoms with E-state index in [1.54, 1.807) is 36.2 Å². The Morgan fingerprint density at radius 1 is 1.00 bits per heavy atom. The number of nitrogens with one attached hydrogen (secondary N) is 1. The number of aromatic amines is 1. The van der Waals surface area contributed by atoms with E-state index in [0.717, 1.165) is 27.7 Å². The molecule has 1 unspecified atom stereocenters. The van der Waals surface area contributed by atoms with E-state index in [4.69, 9.17) is 9.47 Å². The highest BCUT2D eigenvalue weighted by Crippen LogP contribution is 2.43. The number of para-hydroxylation sites is 1. The lowest BCUT2D eigenvalue weighted by Gasteiger charge is -2.47. The summed E-state index contributed by atoms with van der Waals surface area (Å²) >= 11 is 0. The molecular weight excluding hydrogens is 512 g/mol. The monoisotopic (exact) mass is 540 g/mol. The van der Waals surface area contributed by atoms with E-state index in [-0.39, 0.29) is 24.0 Å². The number of nitro groups is 1. The zero-order chi connectivity index (χ0) is 28.0. The first-order valence-electron chi connectivity index (χ1n) is 13.0. The van der Waals surface area contributed by atoms with Crippen LogP contribution in [0.1, 0.15) is 28.4 Å². The summed E-state index contributed by atoms with van der Waals surface area (Å²) < 4.78 is 10.7. The molecule has 1 aromatic heterocycles. The number of piperazine rings is 1. The molecule has 3 heterocycles. The predicted molar refractivity (Wildman–Crippen MR) is 147 cm³/mol. The lowest BCUT2D eigenvalue weighted by Crippen LogP contribution is -2.63. The fourth-order valence-electron chi connectivity index (χ4n) is 5.97. The first kappa shape index (κ1) is 25.4. The van der Waals surface area contributed by atoms with Gasteiger partial charge in [0, 0.05) is 41.7 Å². The first-order valence-corrected chi connectivity index (χ1v) is 13.0. The van der Waals surface area contributed by atoms with Gasteiger partial charge in [-0.05, 0) is 41.3 Å². The number of hydrogen-bond acceptors (Lipinski definition) is 6. The van der Waals surface area contributed by atoms with Crippen LogP contribution in [-0.4, -0.2) is 64.9 Å². The largest absolute Gasteiger partial charge is 0.493 e. The minimum atomic E-state index is -0.720.